The second-order valence-corrected chi connectivity index (χ2v) is 5.94. The minimum absolute atomic E-state index is 0.466. The lowest BCUT2D eigenvalue weighted by molar-refractivity contribution is 0.332. The normalized spacial score (nSPS) is 23.6. The Bertz CT molecular complexity index is 399. The van der Waals surface area contributed by atoms with Crippen molar-refractivity contribution in [3.05, 3.63) is 35.4 Å². The van der Waals surface area contributed by atoms with E-state index < -0.39 is 11.6 Å². The van der Waals surface area contributed by atoms with Gasteiger partial charge in [0.25, 0.3) is 0 Å². The summed E-state index contributed by atoms with van der Waals surface area (Å²) in [5.74, 6) is -0.441. The predicted molar refractivity (Wildman–Crippen MR) is 78.7 cm³/mol. The zero-order valence-corrected chi connectivity index (χ0v) is 12.3. The zero-order chi connectivity index (χ0) is 14.4. The van der Waals surface area contributed by atoms with Crippen LogP contribution in [0.1, 0.15) is 51.0 Å². The highest BCUT2D eigenvalue weighted by Crippen LogP contribution is 2.27. The van der Waals surface area contributed by atoms with E-state index in [4.69, 9.17) is 0 Å². The Morgan fingerprint density at radius 1 is 1.05 bits per heavy atom. The van der Waals surface area contributed by atoms with Crippen molar-refractivity contribution < 1.29 is 8.78 Å². The first kappa shape index (κ1) is 15.4. The predicted octanol–water partition coefficient (Wildman–Crippen LogP) is 4.46. The van der Waals surface area contributed by atoms with E-state index in [0.29, 0.717) is 12.0 Å². The number of rotatable bonds is 5. The number of hydrogen-bond donors (Lipinski definition) is 1. The van der Waals surface area contributed by atoms with Gasteiger partial charge in [0.1, 0.15) is 11.6 Å². The minimum Gasteiger partial charge on any atom is -0.314 e. The first-order valence-corrected chi connectivity index (χ1v) is 7.87. The summed E-state index contributed by atoms with van der Waals surface area (Å²) in [7, 11) is 0. The molecule has 0 spiro atoms. The van der Waals surface area contributed by atoms with Gasteiger partial charge in [0, 0.05) is 12.1 Å². The molecule has 2 atom stereocenters. The molecule has 1 saturated carbocycles. The molecule has 1 aliphatic rings. The summed E-state index contributed by atoms with van der Waals surface area (Å²) in [5.41, 5.74) is 0.790. The number of benzene rings is 1. The fourth-order valence-corrected chi connectivity index (χ4v) is 3.26. The average Bonchev–Trinajstić information content (AvgIpc) is 2.60. The highest BCUT2D eigenvalue weighted by molar-refractivity contribution is 5.18. The molecule has 0 bridgehead atoms. The monoisotopic (exact) mass is 281 g/mol. The summed E-state index contributed by atoms with van der Waals surface area (Å²) < 4.78 is 26.6. The van der Waals surface area contributed by atoms with Crippen LogP contribution in [0.3, 0.4) is 0 Å². The molecule has 1 nitrogen and oxygen atoms in total. The van der Waals surface area contributed by atoms with E-state index in [9.17, 15) is 8.78 Å². The number of halogens is 2. The fraction of sp³-hybridized carbons (Fsp3) is 0.647. The Hall–Kier alpha value is -0.960. The molecular weight excluding hydrogens is 256 g/mol. The molecule has 0 radical (unpaired) electrons. The molecule has 1 aromatic rings. The molecule has 0 aromatic heterocycles. The van der Waals surface area contributed by atoms with Crippen molar-refractivity contribution in [2.24, 2.45) is 5.92 Å². The Balaban J connectivity index is 2.05. The third-order valence-corrected chi connectivity index (χ3v) is 4.24. The van der Waals surface area contributed by atoms with Crippen molar-refractivity contribution in [2.45, 2.75) is 57.9 Å². The van der Waals surface area contributed by atoms with Crippen LogP contribution in [0.5, 0.6) is 0 Å². The van der Waals surface area contributed by atoms with Crippen molar-refractivity contribution in [1.82, 2.24) is 5.32 Å². The van der Waals surface area contributed by atoms with Gasteiger partial charge in [-0.05, 0) is 55.8 Å². The second-order valence-electron chi connectivity index (χ2n) is 5.94. The minimum atomic E-state index is -0.466. The van der Waals surface area contributed by atoms with E-state index in [2.05, 4.69) is 12.2 Å². The lowest BCUT2D eigenvalue weighted by Crippen LogP contribution is -2.37. The number of nitrogens with one attached hydrogen (secondary N) is 1. The van der Waals surface area contributed by atoms with Crippen LogP contribution in [0.4, 0.5) is 8.78 Å². The molecule has 1 aromatic carbocycles. The Labute approximate surface area is 120 Å². The molecule has 1 aliphatic carbocycles. The summed E-state index contributed by atoms with van der Waals surface area (Å²) in [6.45, 7) is 3.19. The fourth-order valence-electron chi connectivity index (χ4n) is 3.26. The average molecular weight is 281 g/mol. The van der Waals surface area contributed by atoms with Crippen LogP contribution in [0, 0.1) is 17.6 Å². The van der Waals surface area contributed by atoms with Crippen LogP contribution in [0.2, 0.25) is 0 Å². The molecule has 0 saturated heterocycles. The van der Waals surface area contributed by atoms with Gasteiger partial charge in [-0.15, -0.1) is 0 Å². The summed E-state index contributed by atoms with van der Waals surface area (Å²) in [6.07, 6.45) is 8.00. The van der Waals surface area contributed by atoms with Crippen LogP contribution in [0.15, 0.2) is 18.2 Å². The molecule has 0 aliphatic heterocycles. The van der Waals surface area contributed by atoms with Crippen LogP contribution in [0.25, 0.3) is 0 Å². The molecule has 0 heterocycles. The third kappa shape index (κ3) is 4.55. The maximum Gasteiger partial charge on any atom is 0.126 e. The molecule has 2 rings (SSSR count). The summed E-state index contributed by atoms with van der Waals surface area (Å²) in [4.78, 5) is 0. The van der Waals surface area contributed by atoms with E-state index in [1.165, 1.54) is 37.8 Å². The third-order valence-electron chi connectivity index (χ3n) is 4.24. The highest BCUT2D eigenvalue weighted by Gasteiger charge is 2.23. The lowest BCUT2D eigenvalue weighted by Gasteiger charge is -2.26. The van der Waals surface area contributed by atoms with Gasteiger partial charge in [-0.3, -0.25) is 0 Å². The van der Waals surface area contributed by atoms with E-state index in [0.717, 1.165) is 37.4 Å². The van der Waals surface area contributed by atoms with Crippen molar-refractivity contribution in [3.8, 4) is 0 Å². The summed E-state index contributed by atoms with van der Waals surface area (Å²) in [5, 5.41) is 3.62. The van der Waals surface area contributed by atoms with Crippen molar-refractivity contribution in [2.75, 3.05) is 6.54 Å². The first-order chi connectivity index (χ1) is 9.69. The second kappa shape index (κ2) is 7.72. The van der Waals surface area contributed by atoms with Gasteiger partial charge < -0.3 is 5.32 Å². The summed E-state index contributed by atoms with van der Waals surface area (Å²) >= 11 is 0. The maximum absolute atomic E-state index is 13.3. The first-order valence-electron chi connectivity index (χ1n) is 7.87. The van der Waals surface area contributed by atoms with Gasteiger partial charge in [0.2, 0.25) is 0 Å². The van der Waals surface area contributed by atoms with Gasteiger partial charge in [-0.2, -0.15) is 0 Å². The highest BCUT2D eigenvalue weighted by atomic mass is 19.1. The standard InChI is InChI=1S/C17H25F2N/c1-2-8-20-17-7-5-3-4-6-14(17)9-13-10-15(18)12-16(19)11-13/h10-12,14,17,20H,2-9H2,1H3. The van der Waals surface area contributed by atoms with Gasteiger partial charge in [0.05, 0.1) is 0 Å². The number of hydrogen-bond acceptors (Lipinski definition) is 1. The van der Waals surface area contributed by atoms with Crippen molar-refractivity contribution in [3.63, 3.8) is 0 Å². The topological polar surface area (TPSA) is 12.0 Å². The zero-order valence-electron chi connectivity index (χ0n) is 12.3. The van der Waals surface area contributed by atoms with E-state index in [-0.39, 0.29) is 0 Å². The quantitative estimate of drug-likeness (QED) is 0.786. The smallest absolute Gasteiger partial charge is 0.126 e. The molecule has 1 N–H and O–H groups in total. The molecule has 2 unspecified atom stereocenters. The van der Waals surface area contributed by atoms with E-state index in [1.807, 2.05) is 0 Å². The Morgan fingerprint density at radius 3 is 2.45 bits per heavy atom. The van der Waals surface area contributed by atoms with Crippen LogP contribution >= 0.6 is 0 Å². The lowest BCUT2D eigenvalue weighted by atomic mass is 9.88. The van der Waals surface area contributed by atoms with Crippen molar-refractivity contribution in [1.29, 1.82) is 0 Å². The SMILES string of the molecule is CCCNC1CCCCCC1Cc1cc(F)cc(F)c1. The van der Waals surface area contributed by atoms with Crippen LogP contribution < -0.4 is 5.32 Å². The van der Waals surface area contributed by atoms with E-state index in [1.54, 1.807) is 0 Å². The van der Waals surface area contributed by atoms with Gasteiger partial charge >= 0.3 is 0 Å². The molecule has 1 fully saturated rings. The van der Waals surface area contributed by atoms with Gasteiger partial charge in [-0.1, -0.05) is 26.2 Å². The molecule has 20 heavy (non-hydrogen) atoms. The molecule has 0 amide bonds. The Kier molecular flexibility index (Phi) is 5.96. The van der Waals surface area contributed by atoms with Gasteiger partial charge in [-0.25, -0.2) is 8.78 Å². The maximum atomic E-state index is 13.3. The van der Waals surface area contributed by atoms with Crippen LogP contribution in [-0.2, 0) is 6.42 Å². The summed E-state index contributed by atoms with van der Waals surface area (Å²) in [6, 6.07) is 4.39. The largest absolute Gasteiger partial charge is 0.314 e. The molecule has 112 valence electrons. The van der Waals surface area contributed by atoms with Gasteiger partial charge in [0.15, 0.2) is 0 Å². The molecule has 3 heteroatoms. The van der Waals surface area contributed by atoms with Crippen molar-refractivity contribution >= 4 is 0 Å². The Morgan fingerprint density at radius 2 is 1.75 bits per heavy atom. The molecular formula is C17H25F2N. The van der Waals surface area contributed by atoms with Crippen LogP contribution in [-0.4, -0.2) is 12.6 Å². The van der Waals surface area contributed by atoms with E-state index >= 15 is 0 Å².